The molecule has 1 aromatic carbocycles. The Morgan fingerprint density at radius 2 is 1.42 bits per heavy atom. The van der Waals surface area contributed by atoms with Crippen LogP contribution in [0.25, 0.3) is 0 Å². The molecule has 0 aliphatic heterocycles. The molecule has 19 heavy (non-hydrogen) atoms. The molecule has 1 aromatic rings. The molecule has 0 spiro atoms. The van der Waals surface area contributed by atoms with Crippen LogP contribution in [0.2, 0.25) is 19.6 Å². The lowest BCUT2D eigenvalue weighted by molar-refractivity contribution is 0.502. The van der Waals surface area contributed by atoms with Gasteiger partial charge in [0, 0.05) is 5.56 Å². The largest absolute Gasteiger partial charge is 0.544 e. The fraction of sp³-hybridized carbons (Fsp3) is 0.647. The Morgan fingerprint density at radius 3 is 1.79 bits per heavy atom. The number of hydrogen-bond acceptors (Lipinski definition) is 1. The molecule has 0 amide bonds. The van der Waals surface area contributed by atoms with Crippen LogP contribution in [0.15, 0.2) is 12.1 Å². The summed E-state index contributed by atoms with van der Waals surface area (Å²) >= 11 is 0. The third-order valence-corrected chi connectivity index (χ3v) is 3.71. The van der Waals surface area contributed by atoms with Gasteiger partial charge in [0.05, 0.1) is 0 Å². The second kappa shape index (κ2) is 4.97. The zero-order valence-corrected chi connectivity index (χ0v) is 15.1. The molecule has 0 aliphatic carbocycles. The molecule has 0 saturated carbocycles. The molecule has 0 bridgehead atoms. The highest BCUT2D eigenvalue weighted by atomic mass is 28.4. The van der Waals surface area contributed by atoms with Crippen molar-refractivity contribution >= 4 is 8.32 Å². The van der Waals surface area contributed by atoms with E-state index >= 15 is 0 Å². The van der Waals surface area contributed by atoms with Gasteiger partial charge in [0.1, 0.15) is 5.75 Å². The molecule has 1 nitrogen and oxygen atoms in total. The molecule has 0 fully saturated rings. The van der Waals surface area contributed by atoms with E-state index in [4.69, 9.17) is 4.43 Å². The first kappa shape index (κ1) is 16.3. The molecule has 0 N–H and O–H groups in total. The van der Waals surface area contributed by atoms with Crippen molar-refractivity contribution in [3.8, 4) is 5.75 Å². The van der Waals surface area contributed by atoms with Crippen molar-refractivity contribution in [3.63, 3.8) is 0 Å². The van der Waals surface area contributed by atoms with E-state index < -0.39 is 8.32 Å². The Morgan fingerprint density at radius 1 is 0.895 bits per heavy atom. The Balaban J connectivity index is 3.34. The second-order valence-corrected chi connectivity index (χ2v) is 12.8. The van der Waals surface area contributed by atoms with Gasteiger partial charge < -0.3 is 4.43 Å². The van der Waals surface area contributed by atoms with Crippen LogP contribution < -0.4 is 4.43 Å². The van der Waals surface area contributed by atoms with Gasteiger partial charge in [0.15, 0.2) is 0 Å². The van der Waals surface area contributed by atoms with Crippen molar-refractivity contribution < 1.29 is 4.43 Å². The SMILES string of the molecule is CC(C)(C)c1[c]c(C(C)(C)C)c(O[Si](C)(C)C)cc1. The molecule has 0 aromatic heterocycles. The lowest BCUT2D eigenvalue weighted by Crippen LogP contribution is -2.31. The van der Waals surface area contributed by atoms with Crippen LogP contribution >= 0.6 is 0 Å². The summed E-state index contributed by atoms with van der Waals surface area (Å²) in [6, 6.07) is 7.91. The number of hydrogen-bond donors (Lipinski definition) is 0. The highest BCUT2D eigenvalue weighted by molar-refractivity contribution is 6.70. The average Bonchev–Trinajstić information content (AvgIpc) is 2.11. The Bertz CT molecular complexity index is 442. The Hall–Kier alpha value is -0.763. The van der Waals surface area contributed by atoms with Crippen LogP contribution in [-0.4, -0.2) is 8.32 Å². The normalized spacial score (nSPS) is 13.5. The lowest BCUT2D eigenvalue weighted by Gasteiger charge is -2.29. The van der Waals surface area contributed by atoms with Crippen LogP contribution in [0, 0.1) is 6.07 Å². The first-order valence-corrected chi connectivity index (χ1v) is 10.5. The molecular weight excluding hydrogens is 248 g/mol. The predicted octanol–water partition coefficient (Wildman–Crippen LogP) is 5.30. The summed E-state index contributed by atoms with van der Waals surface area (Å²) in [6.45, 7) is 20.0. The first-order chi connectivity index (χ1) is 8.31. The number of rotatable bonds is 2. The Kier molecular flexibility index (Phi) is 4.26. The van der Waals surface area contributed by atoms with Crippen LogP contribution in [0.3, 0.4) is 0 Å². The first-order valence-electron chi connectivity index (χ1n) is 7.07. The van der Waals surface area contributed by atoms with Gasteiger partial charge >= 0.3 is 0 Å². The quantitative estimate of drug-likeness (QED) is 0.667. The van der Waals surface area contributed by atoms with E-state index in [0.717, 1.165) is 5.75 Å². The maximum Gasteiger partial charge on any atom is 0.242 e. The summed E-state index contributed by atoms with van der Waals surface area (Å²) in [5.41, 5.74) is 2.62. The third-order valence-electron chi connectivity index (χ3n) is 2.88. The molecule has 2 heteroatoms. The fourth-order valence-corrected chi connectivity index (χ4v) is 2.72. The summed E-state index contributed by atoms with van der Waals surface area (Å²) in [5, 5.41) is 0. The standard InChI is InChI=1S/C17H29OSi/c1-16(2,3)13-10-11-15(18-19(7,8)9)14(12-13)17(4,5)6/h10-11H,1-9H3. The van der Waals surface area contributed by atoms with Gasteiger partial charge in [-0.15, -0.1) is 0 Å². The van der Waals surface area contributed by atoms with Gasteiger partial charge in [-0.3, -0.25) is 0 Å². The average molecular weight is 278 g/mol. The smallest absolute Gasteiger partial charge is 0.242 e. The van der Waals surface area contributed by atoms with E-state index in [9.17, 15) is 0 Å². The minimum absolute atomic E-state index is 0.0518. The van der Waals surface area contributed by atoms with E-state index in [0.29, 0.717) is 0 Å². The maximum atomic E-state index is 6.23. The van der Waals surface area contributed by atoms with Gasteiger partial charge in [-0.2, -0.15) is 0 Å². The van der Waals surface area contributed by atoms with Crippen molar-refractivity contribution in [1.82, 2.24) is 0 Å². The van der Waals surface area contributed by atoms with Crippen LogP contribution in [0.4, 0.5) is 0 Å². The zero-order valence-electron chi connectivity index (χ0n) is 14.1. The van der Waals surface area contributed by atoms with Crippen molar-refractivity contribution in [1.29, 1.82) is 0 Å². The number of benzene rings is 1. The summed E-state index contributed by atoms with van der Waals surface area (Å²) in [4.78, 5) is 0. The molecule has 0 aliphatic rings. The van der Waals surface area contributed by atoms with Gasteiger partial charge in [0.25, 0.3) is 0 Å². The van der Waals surface area contributed by atoms with E-state index in [1.807, 2.05) is 0 Å². The molecule has 107 valence electrons. The monoisotopic (exact) mass is 277 g/mol. The highest BCUT2D eigenvalue weighted by Gasteiger charge is 2.26. The molecule has 1 radical (unpaired) electrons. The Labute approximate surface area is 120 Å². The van der Waals surface area contributed by atoms with Crippen LogP contribution in [-0.2, 0) is 10.8 Å². The molecule has 0 atom stereocenters. The second-order valence-electron chi connectivity index (χ2n) is 8.33. The van der Waals surface area contributed by atoms with E-state index in [-0.39, 0.29) is 10.8 Å². The molecule has 0 saturated heterocycles. The minimum atomic E-state index is -1.59. The highest BCUT2D eigenvalue weighted by Crippen LogP contribution is 2.35. The molecule has 0 unspecified atom stereocenters. The summed E-state index contributed by atoms with van der Waals surface area (Å²) < 4.78 is 6.23. The van der Waals surface area contributed by atoms with Crippen molar-refractivity contribution in [2.45, 2.75) is 72.0 Å². The minimum Gasteiger partial charge on any atom is -0.544 e. The van der Waals surface area contributed by atoms with E-state index in [2.05, 4.69) is 79.4 Å². The van der Waals surface area contributed by atoms with E-state index in [1.165, 1.54) is 11.1 Å². The summed E-state index contributed by atoms with van der Waals surface area (Å²) in [7, 11) is -1.59. The predicted molar refractivity (Wildman–Crippen MR) is 86.7 cm³/mol. The molecule has 1 rings (SSSR count). The third kappa shape index (κ3) is 4.68. The van der Waals surface area contributed by atoms with Crippen molar-refractivity contribution in [2.75, 3.05) is 0 Å². The lowest BCUT2D eigenvalue weighted by atomic mass is 9.80. The van der Waals surface area contributed by atoms with Gasteiger partial charge in [-0.25, -0.2) is 0 Å². The molecular formula is C17H29OSi. The van der Waals surface area contributed by atoms with E-state index in [1.54, 1.807) is 0 Å². The summed E-state index contributed by atoms with van der Waals surface area (Å²) in [6.07, 6.45) is 0. The van der Waals surface area contributed by atoms with Gasteiger partial charge in [-0.1, -0.05) is 47.6 Å². The van der Waals surface area contributed by atoms with Crippen LogP contribution in [0.1, 0.15) is 52.7 Å². The van der Waals surface area contributed by atoms with Crippen molar-refractivity contribution in [3.05, 3.63) is 29.3 Å². The summed E-state index contributed by atoms with van der Waals surface area (Å²) in [5.74, 6) is 1.01. The fourth-order valence-electron chi connectivity index (χ4n) is 1.89. The topological polar surface area (TPSA) is 9.23 Å². The van der Waals surface area contributed by atoms with Gasteiger partial charge in [0.2, 0.25) is 8.32 Å². The maximum absolute atomic E-state index is 6.23. The van der Waals surface area contributed by atoms with Crippen LogP contribution in [0.5, 0.6) is 5.75 Å². The van der Waals surface area contributed by atoms with Gasteiger partial charge in [-0.05, 0) is 48.2 Å². The zero-order chi connectivity index (χ0) is 15.1. The molecule has 0 heterocycles. The van der Waals surface area contributed by atoms with Crippen molar-refractivity contribution in [2.24, 2.45) is 0 Å².